The van der Waals surface area contributed by atoms with Crippen LogP contribution in [0.15, 0.2) is 0 Å². The van der Waals surface area contributed by atoms with Gasteiger partial charge in [-0.1, -0.05) is 6.42 Å². The smallest absolute Gasteiger partial charge is 0.344 e. The Morgan fingerprint density at radius 2 is 1.93 bits per heavy atom. The number of halogens is 1. The van der Waals surface area contributed by atoms with Crippen molar-refractivity contribution in [2.24, 2.45) is 5.92 Å². The summed E-state index contributed by atoms with van der Waals surface area (Å²) < 4.78 is 23.2. The fourth-order valence-corrected chi connectivity index (χ4v) is 1.99. The lowest BCUT2D eigenvalue weighted by atomic mass is 9.76. The van der Waals surface area contributed by atoms with E-state index in [0.29, 0.717) is 12.8 Å². The Morgan fingerprint density at radius 3 is 2.47 bits per heavy atom. The summed E-state index contributed by atoms with van der Waals surface area (Å²) in [5, 5.41) is 0. The predicted molar refractivity (Wildman–Crippen MR) is 49.8 cm³/mol. The number of carbonyl (C=O) groups excluding carboxylic acids is 2. The highest BCUT2D eigenvalue weighted by Crippen LogP contribution is 2.38. The maximum Gasteiger partial charge on any atom is 0.344 e. The Labute approximate surface area is 87.7 Å². The number of hydrogen-bond donors (Lipinski definition) is 0. The monoisotopic (exact) mass is 218 g/mol. The van der Waals surface area contributed by atoms with E-state index in [1.165, 1.54) is 7.11 Å². The van der Waals surface area contributed by atoms with E-state index in [1.807, 2.05) is 0 Å². The van der Waals surface area contributed by atoms with E-state index in [-0.39, 0.29) is 6.42 Å². The standard InChI is InChI=1S/C10H15FO4/c1-14-8(12)7-5-3-4-6-10(7,11)9(13)15-2/h7H,3-6H2,1-2H3. The average molecular weight is 218 g/mol. The molecule has 86 valence electrons. The molecule has 1 aliphatic rings. The summed E-state index contributed by atoms with van der Waals surface area (Å²) in [5.74, 6) is -2.68. The second-order valence-corrected chi connectivity index (χ2v) is 3.68. The highest BCUT2D eigenvalue weighted by atomic mass is 19.1. The maximum absolute atomic E-state index is 14.3. The van der Waals surface area contributed by atoms with Gasteiger partial charge < -0.3 is 9.47 Å². The lowest BCUT2D eigenvalue weighted by Crippen LogP contribution is -2.48. The molecule has 1 saturated carbocycles. The molecule has 0 heterocycles. The average Bonchev–Trinajstić information content (AvgIpc) is 2.27. The molecule has 15 heavy (non-hydrogen) atoms. The number of carbonyl (C=O) groups is 2. The molecule has 0 aromatic rings. The van der Waals surface area contributed by atoms with Gasteiger partial charge in [0.05, 0.1) is 14.2 Å². The van der Waals surface area contributed by atoms with Gasteiger partial charge in [0.25, 0.3) is 0 Å². The molecule has 1 fully saturated rings. The second-order valence-electron chi connectivity index (χ2n) is 3.68. The zero-order valence-electron chi connectivity index (χ0n) is 8.92. The third-order valence-corrected chi connectivity index (χ3v) is 2.85. The summed E-state index contributed by atoms with van der Waals surface area (Å²) >= 11 is 0. The van der Waals surface area contributed by atoms with Gasteiger partial charge >= 0.3 is 11.9 Å². The summed E-state index contributed by atoms with van der Waals surface area (Å²) in [6.07, 6.45) is 1.67. The zero-order chi connectivity index (χ0) is 11.5. The van der Waals surface area contributed by atoms with E-state index >= 15 is 0 Å². The summed E-state index contributed by atoms with van der Waals surface area (Å²) in [5.41, 5.74) is -2.21. The van der Waals surface area contributed by atoms with E-state index in [4.69, 9.17) is 0 Å². The Balaban J connectivity index is 2.90. The lowest BCUT2D eigenvalue weighted by Gasteiger charge is -2.33. The number of alkyl halides is 1. The first-order valence-corrected chi connectivity index (χ1v) is 4.91. The topological polar surface area (TPSA) is 52.6 Å². The highest BCUT2D eigenvalue weighted by Gasteiger charge is 2.52. The molecule has 2 atom stereocenters. The number of methoxy groups -OCH3 is 2. The highest BCUT2D eigenvalue weighted by molar-refractivity contribution is 5.87. The van der Waals surface area contributed by atoms with Gasteiger partial charge in [-0.15, -0.1) is 0 Å². The molecule has 0 amide bonds. The van der Waals surface area contributed by atoms with Crippen LogP contribution in [0.2, 0.25) is 0 Å². The Morgan fingerprint density at radius 1 is 1.27 bits per heavy atom. The van der Waals surface area contributed by atoms with Gasteiger partial charge in [-0.2, -0.15) is 0 Å². The van der Waals surface area contributed by atoms with Crippen LogP contribution in [0.3, 0.4) is 0 Å². The summed E-state index contributed by atoms with van der Waals surface area (Å²) in [6.45, 7) is 0. The molecule has 5 heteroatoms. The van der Waals surface area contributed by atoms with Gasteiger partial charge in [0.2, 0.25) is 5.67 Å². The fourth-order valence-electron chi connectivity index (χ4n) is 1.99. The van der Waals surface area contributed by atoms with Crippen LogP contribution in [0, 0.1) is 5.92 Å². The van der Waals surface area contributed by atoms with Crippen molar-refractivity contribution in [3.63, 3.8) is 0 Å². The molecule has 1 rings (SSSR count). The summed E-state index contributed by atoms with van der Waals surface area (Å²) in [6, 6.07) is 0. The molecule has 2 unspecified atom stereocenters. The molecule has 1 aliphatic carbocycles. The number of rotatable bonds is 2. The normalized spacial score (nSPS) is 30.7. The first-order chi connectivity index (χ1) is 7.06. The molecule has 4 nitrogen and oxygen atoms in total. The van der Waals surface area contributed by atoms with Crippen LogP contribution in [-0.2, 0) is 19.1 Å². The van der Waals surface area contributed by atoms with E-state index in [9.17, 15) is 14.0 Å². The van der Waals surface area contributed by atoms with Crippen LogP contribution in [0.25, 0.3) is 0 Å². The van der Waals surface area contributed by atoms with Crippen molar-refractivity contribution in [3.05, 3.63) is 0 Å². The third-order valence-electron chi connectivity index (χ3n) is 2.85. The van der Waals surface area contributed by atoms with Gasteiger partial charge in [-0.3, -0.25) is 4.79 Å². The summed E-state index contributed by atoms with van der Waals surface area (Å²) in [7, 11) is 2.31. The molecule has 0 aromatic carbocycles. The van der Waals surface area contributed by atoms with E-state index in [1.54, 1.807) is 0 Å². The van der Waals surface area contributed by atoms with Gasteiger partial charge in [0.1, 0.15) is 5.92 Å². The molecule has 0 radical (unpaired) electrons. The van der Waals surface area contributed by atoms with E-state index in [0.717, 1.165) is 13.5 Å². The SMILES string of the molecule is COC(=O)C1CCCCC1(F)C(=O)OC. The maximum atomic E-state index is 14.3. The third kappa shape index (κ3) is 2.11. The van der Waals surface area contributed by atoms with Crippen LogP contribution < -0.4 is 0 Å². The van der Waals surface area contributed by atoms with Crippen LogP contribution in [0.1, 0.15) is 25.7 Å². The Kier molecular flexibility index (Phi) is 3.66. The van der Waals surface area contributed by atoms with Crippen LogP contribution in [-0.4, -0.2) is 31.8 Å². The Bertz CT molecular complexity index is 266. The minimum Gasteiger partial charge on any atom is -0.469 e. The van der Waals surface area contributed by atoms with Crippen LogP contribution in [0.5, 0.6) is 0 Å². The minimum absolute atomic E-state index is 0.0272. The van der Waals surface area contributed by atoms with Crippen molar-refractivity contribution < 1.29 is 23.5 Å². The second kappa shape index (κ2) is 4.59. The fraction of sp³-hybridized carbons (Fsp3) is 0.800. The predicted octanol–water partition coefficient (Wildman–Crippen LogP) is 1.23. The molecule has 0 spiro atoms. The van der Waals surface area contributed by atoms with Crippen LogP contribution >= 0.6 is 0 Å². The van der Waals surface area contributed by atoms with Crippen molar-refractivity contribution in [2.75, 3.05) is 14.2 Å². The van der Waals surface area contributed by atoms with Crippen LogP contribution in [0.4, 0.5) is 4.39 Å². The number of esters is 2. The molecular formula is C10H15FO4. The van der Waals surface area contributed by atoms with Crippen molar-refractivity contribution in [1.82, 2.24) is 0 Å². The van der Waals surface area contributed by atoms with Gasteiger partial charge in [0, 0.05) is 0 Å². The van der Waals surface area contributed by atoms with Crippen molar-refractivity contribution in [1.29, 1.82) is 0 Å². The number of ether oxygens (including phenoxy) is 2. The molecular weight excluding hydrogens is 203 g/mol. The van der Waals surface area contributed by atoms with Gasteiger partial charge in [0.15, 0.2) is 0 Å². The zero-order valence-corrected chi connectivity index (χ0v) is 8.92. The van der Waals surface area contributed by atoms with Crippen molar-refractivity contribution in [2.45, 2.75) is 31.4 Å². The van der Waals surface area contributed by atoms with Crippen molar-refractivity contribution in [3.8, 4) is 0 Å². The lowest BCUT2D eigenvalue weighted by molar-refractivity contribution is -0.172. The molecule has 0 saturated heterocycles. The molecule has 0 aliphatic heterocycles. The molecule has 0 bridgehead atoms. The first kappa shape index (κ1) is 11.9. The van der Waals surface area contributed by atoms with Gasteiger partial charge in [-0.05, 0) is 19.3 Å². The first-order valence-electron chi connectivity index (χ1n) is 4.91. The van der Waals surface area contributed by atoms with E-state index < -0.39 is 23.5 Å². The summed E-state index contributed by atoms with van der Waals surface area (Å²) in [4.78, 5) is 22.6. The Hall–Kier alpha value is -1.13. The van der Waals surface area contributed by atoms with Crippen molar-refractivity contribution >= 4 is 11.9 Å². The quantitative estimate of drug-likeness (QED) is 0.654. The van der Waals surface area contributed by atoms with E-state index in [2.05, 4.69) is 9.47 Å². The molecule has 0 N–H and O–H groups in total. The number of hydrogen-bond acceptors (Lipinski definition) is 4. The molecule has 0 aromatic heterocycles. The minimum atomic E-state index is -2.21. The van der Waals surface area contributed by atoms with Gasteiger partial charge in [-0.25, -0.2) is 9.18 Å². The largest absolute Gasteiger partial charge is 0.469 e.